The van der Waals surface area contributed by atoms with Crippen LogP contribution >= 0.6 is 0 Å². The lowest BCUT2D eigenvalue weighted by Crippen LogP contribution is -2.03. The number of ether oxygens (including phenoxy) is 1. The molecule has 1 aromatic carbocycles. The molecule has 0 atom stereocenters. The summed E-state index contributed by atoms with van der Waals surface area (Å²) in [6.45, 7) is 4.87. The SMILES string of the molecule is CCc1ccc2c(c1)c(OC(C)=O)cn2C(C)=O. The van der Waals surface area contributed by atoms with Gasteiger partial charge in [0.05, 0.1) is 11.7 Å². The van der Waals surface area contributed by atoms with Crippen LogP contribution in [0.15, 0.2) is 24.4 Å². The van der Waals surface area contributed by atoms with Crippen molar-refractivity contribution in [3.8, 4) is 5.75 Å². The first-order chi connectivity index (χ1) is 8.52. The smallest absolute Gasteiger partial charge is 0.308 e. The van der Waals surface area contributed by atoms with Crippen molar-refractivity contribution < 1.29 is 14.3 Å². The summed E-state index contributed by atoms with van der Waals surface area (Å²) < 4.78 is 6.64. The van der Waals surface area contributed by atoms with Gasteiger partial charge < -0.3 is 4.74 Å². The van der Waals surface area contributed by atoms with Crippen molar-refractivity contribution in [2.24, 2.45) is 0 Å². The predicted octanol–water partition coefficient (Wildman–Crippen LogP) is 2.79. The lowest BCUT2D eigenvalue weighted by molar-refractivity contribution is -0.131. The number of fused-ring (bicyclic) bond motifs is 1. The zero-order valence-electron chi connectivity index (χ0n) is 10.7. The highest BCUT2D eigenvalue weighted by Crippen LogP contribution is 2.29. The molecular weight excluding hydrogens is 230 g/mol. The van der Waals surface area contributed by atoms with Gasteiger partial charge >= 0.3 is 5.97 Å². The average Bonchev–Trinajstić information content (AvgIpc) is 2.67. The van der Waals surface area contributed by atoms with Crippen molar-refractivity contribution in [3.05, 3.63) is 30.0 Å². The van der Waals surface area contributed by atoms with Crippen LogP contribution < -0.4 is 4.74 Å². The Morgan fingerprint density at radius 1 is 1.28 bits per heavy atom. The van der Waals surface area contributed by atoms with Crippen LogP contribution in [0.5, 0.6) is 5.75 Å². The predicted molar refractivity (Wildman–Crippen MR) is 68.9 cm³/mol. The van der Waals surface area contributed by atoms with E-state index < -0.39 is 0 Å². The molecule has 0 N–H and O–H groups in total. The maximum absolute atomic E-state index is 11.5. The topological polar surface area (TPSA) is 48.3 Å². The molecule has 2 rings (SSSR count). The number of nitrogens with zero attached hydrogens (tertiary/aromatic N) is 1. The summed E-state index contributed by atoms with van der Waals surface area (Å²) in [5.41, 5.74) is 1.90. The molecule has 0 unspecified atom stereocenters. The van der Waals surface area contributed by atoms with Crippen molar-refractivity contribution in [2.75, 3.05) is 0 Å². The quantitative estimate of drug-likeness (QED) is 0.764. The molecule has 1 aromatic heterocycles. The average molecular weight is 245 g/mol. The third-order valence-corrected chi connectivity index (χ3v) is 2.83. The van der Waals surface area contributed by atoms with Gasteiger partial charge in [-0.3, -0.25) is 14.2 Å². The summed E-state index contributed by atoms with van der Waals surface area (Å²) in [6, 6.07) is 5.80. The first-order valence-electron chi connectivity index (χ1n) is 5.86. The maximum Gasteiger partial charge on any atom is 0.308 e. The van der Waals surface area contributed by atoms with Crippen LogP contribution in [-0.4, -0.2) is 16.4 Å². The van der Waals surface area contributed by atoms with Crippen LogP contribution in [0, 0.1) is 0 Å². The molecule has 0 aliphatic carbocycles. The Morgan fingerprint density at radius 2 is 2.00 bits per heavy atom. The van der Waals surface area contributed by atoms with Gasteiger partial charge in [-0.15, -0.1) is 0 Å². The number of benzene rings is 1. The first-order valence-corrected chi connectivity index (χ1v) is 5.86. The van der Waals surface area contributed by atoms with Crippen LogP contribution in [-0.2, 0) is 11.2 Å². The summed E-state index contributed by atoms with van der Waals surface area (Å²) in [5.74, 6) is -0.0647. The third-order valence-electron chi connectivity index (χ3n) is 2.83. The van der Waals surface area contributed by atoms with Gasteiger partial charge in [-0.2, -0.15) is 0 Å². The Hall–Kier alpha value is -2.10. The zero-order valence-corrected chi connectivity index (χ0v) is 10.7. The van der Waals surface area contributed by atoms with Gasteiger partial charge in [0.25, 0.3) is 0 Å². The minimum Gasteiger partial charge on any atom is -0.424 e. The molecule has 0 bridgehead atoms. The Morgan fingerprint density at radius 3 is 2.56 bits per heavy atom. The molecule has 4 nitrogen and oxygen atoms in total. The van der Waals surface area contributed by atoms with Gasteiger partial charge in [0, 0.05) is 19.2 Å². The van der Waals surface area contributed by atoms with E-state index in [4.69, 9.17) is 4.74 Å². The summed E-state index contributed by atoms with van der Waals surface area (Å²) in [5, 5.41) is 0.791. The number of esters is 1. The Balaban J connectivity index is 2.68. The Bertz CT molecular complexity index is 625. The maximum atomic E-state index is 11.5. The number of aryl methyl sites for hydroxylation is 1. The molecule has 94 valence electrons. The van der Waals surface area contributed by atoms with E-state index in [1.165, 1.54) is 18.4 Å². The molecule has 18 heavy (non-hydrogen) atoms. The van der Waals surface area contributed by atoms with Crippen LogP contribution in [0.1, 0.15) is 31.1 Å². The molecule has 0 aliphatic rings. The minimum atomic E-state index is -0.389. The van der Waals surface area contributed by atoms with Crippen LogP contribution in [0.3, 0.4) is 0 Å². The largest absolute Gasteiger partial charge is 0.424 e. The Kier molecular flexibility index (Phi) is 3.19. The summed E-state index contributed by atoms with van der Waals surface area (Å²) in [4.78, 5) is 22.6. The van der Waals surface area contributed by atoms with E-state index in [0.29, 0.717) is 5.75 Å². The monoisotopic (exact) mass is 245 g/mol. The van der Waals surface area contributed by atoms with Crippen molar-refractivity contribution in [1.29, 1.82) is 0 Å². The van der Waals surface area contributed by atoms with Crippen molar-refractivity contribution in [2.45, 2.75) is 27.2 Å². The lowest BCUT2D eigenvalue weighted by Gasteiger charge is -2.01. The molecule has 0 aliphatic heterocycles. The van der Waals surface area contributed by atoms with E-state index in [0.717, 1.165) is 22.9 Å². The normalized spacial score (nSPS) is 10.6. The molecule has 2 aromatic rings. The molecule has 0 radical (unpaired) electrons. The van der Waals surface area contributed by atoms with Crippen molar-refractivity contribution in [3.63, 3.8) is 0 Å². The number of carbonyl (C=O) groups excluding carboxylic acids is 2. The number of rotatable bonds is 2. The Labute approximate surface area is 105 Å². The van der Waals surface area contributed by atoms with Gasteiger partial charge in [-0.1, -0.05) is 13.0 Å². The van der Waals surface area contributed by atoms with E-state index in [2.05, 4.69) is 6.92 Å². The van der Waals surface area contributed by atoms with E-state index in [9.17, 15) is 9.59 Å². The summed E-state index contributed by atoms with van der Waals surface area (Å²) in [7, 11) is 0. The molecule has 0 saturated heterocycles. The van der Waals surface area contributed by atoms with Gasteiger partial charge in [0.1, 0.15) is 0 Å². The highest BCUT2D eigenvalue weighted by atomic mass is 16.5. The highest BCUT2D eigenvalue weighted by Gasteiger charge is 2.13. The highest BCUT2D eigenvalue weighted by molar-refractivity contribution is 5.96. The van der Waals surface area contributed by atoms with E-state index in [-0.39, 0.29) is 11.9 Å². The first kappa shape index (κ1) is 12.4. The van der Waals surface area contributed by atoms with Gasteiger partial charge in [-0.05, 0) is 24.1 Å². The number of hydrogen-bond donors (Lipinski definition) is 0. The summed E-state index contributed by atoms with van der Waals surface area (Å²) in [6.07, 6.45) is 2.45. The van der Waals surface area contributed by atoms with Crippen molar-refractivity contribution >= 4 is 22.8 Å². The molecule has 0 fully saturated rings. The number of hydrogen-bond acceptors (Lipinski definition) is 3. The molecular formula is C14H15NO3. The summed E-state index contributed by atoms with van der Waals surface area (Å²) >= 11 is 0. The lowest BCUT2D eigenvalue weighted by atomic mass is 10.1. The second kappa shape index (κ2) is 4.64. The molecule has 0 amide bonds. The van der Waals surface area contributed by atoms with Crippen LogP contribution in [0.2, 0.25) is 0 Å². The standard InChI is InChI=1S/C14H15NO3/c1-4-11-5-6-13-12(7-11)14(18-10(3)17)8-15(13)9(2)16/h5-8H,4H2,1-3H3. The third kappa shape index (κ3) is 2.14. The second-order valence-corrected chi connectivity index (χ2v) is 4.18. The van der Waals surface area contributed by atoms with Crippen LogP contribution in [0.25, 0.3) is 10.9 Å². The van der Waals surface area contributed by atoms with Gasteiger partial charge in [0.2, 0.25) is 5.91 Å². The fraction of sp³-hybridized carbons (Fsp3) is 0.286. The van der Waals surface area contributed by atoms with E-state index >= 15 is 0 Å². The zero-order chi connectivity index (χ0) is 13.3. The fourth-order valence-electron chi connectivity index (χ4n) is 1.96. The van der Waals surface area contributed by atoms with Crippen LogP contribution in [0.4, 0.5) is 0 Å². The second-order valence-electron chi connectivity index (χ2n) is 4.18. The molecule has 0 saturated carbocycles. The van der Waals surface area contributed by atoms with Gasteiger partial charge in [0.15, 0.2) is 5.75 Å². The van der Waals surface area contributed by atoms with Gasteiger partial charge in [-0.25, -0.2) is 0 Å². The van der Waals surface area contributed by atoms with E-state index in [1.807, 2.05) is 18.2 Å². The van der Waals surface area contributed by atoms with E-state index in [1.54, 1.807) is 6.20 Å². The molecule has 1 heterocycles. The molecule has 4 heteroatoms. The fourth-order valence-corrected chi connectivity index (χ4v) is 1.96. The molecule has 0 spiro atoms. The minimum absolute atomic E-state index is 0.109. The van der Waals surface area contributed by atoms with Crippen molar-refractivity contribution in [1.82, 2.24) is 4.57 Å². The number of aromatic nitrogens is 1. The number of carbonyl (C=O) groups is 2.